The molecule has 0 aliphatic heterocycles. The number of amides is 1. The summed E-state index contributed by atoms with van der Waals surface area (Å²) in [6, 6.07) is 11.9. The summed E-state index contributed by atoms with van der Waals surface area (Å²) in [7, 11) is 0.303. The van der Waals surface area contributed by atoms with Gasteiger partial charge in [0, 0.05) is 31.7 Å². The fourth-order valence-electron chi connectivity index (χ4n) is 3.52. The standard InChI is InChI=1S/C24H32N4O4S2.ClH/c1-6-27(7-2)34(30,31)19-14-12-18(13-15-19)23(29)28(17-16-26(4)5)24-25-22-20(32-8-3)10-9-11-21(22)33-24;/h9-15H,6-8,16-17H2,1-5H3;1H. The van der Waals surface area contributed by atoms with Crippen molar-refractivity contribution >= 4 is 55.0 Å². The molecule has 0 bridgehead atoms. The number of carbonyl (C=O) groups is 1. The Kier molecular flexibility index (Phi) is 10.5. The summed E-state index contributed by atoms with van der Waals surface area (Å²) in [4.78, 5) is 22.1. The van der Waals surface area contributed by atoms with Gasteiger partial charge >= 0.3 is 0 Å². The van der Waals surface area contributed by atoms with Crippen LogP contribution in [0.15, 0.2) is 47.4 Å². The Balaban J connectivity index is 0.00000432. The number of aromatic nitrogens is 1. The van der Waals surface area contributed by atoms with E-state index in [1.165, 1.54) is 27.8 Å². The first kappa shape index (κ1) is 29.0. The molecule has 3 rings (SSSR count). The molecule has 0 spiro atoms. The second kappa shape index (κ2) is 12.6. The largest absolute Gasteiger partial charge is 0.492 e. The molecule has 0 N–H and O–H groups in total. The van der Waals surface area contributed by atoms with Gasteiger partial charge in [0.2, 0.25) is 10.0 Å². The molecule has 192 valence electrons. The van der Waals surface area contributed by atoms with Gasteiger partial charge in [-0.25, -0.2) is 13.4 Å². The number of anilines is 1. The third kappa shape index (κ3) is 6.50. The second-order valence-electron chi connectivity index (χ2n) is 7.91. The number of carbonyl (C=O) groups excluding carboxylic acids is 1. The Morgan fingerprint density at radius 2 is 1.66 bits per heavy atom. The smallest absolute Gasteiger partial charge is 0.260 e. The Morgan fingerprint density at radius 3 is 2.23 bits per heavy atom. The van der Waals surface area contributed by atoms with Crippen molar-refractivity contribution in [3.05, 3.63) is 48.0 Å². The van der Waals surface area contributed by atoms with Crippen LogP contribution in [0.25, 0.3) is 10.2 Å². The molecule has 0 aliphatic rings. The van der Waals surface area contributed by atoms with E-state index in [0.717, 1.165) is 10.2 Å². The van der Waals surface area contributed by atoms with Crippen molar-refractivity contribution in [2.75, 3.05) is 51.8 Å². The fraction of sp³-hybridized carbons (Fsp3) is 0.417. The molecule has 8 nitrogen and oxygen atoms in total. The molecule has 0 fully saturated rings. The Labute approximate surface area is 218 Å². The number of halogens is 1. The fourth-order valence-corrected chi connectivity index (χ4v) is 5.99. The monoisotopic (exact) mass is 540 g/mol. The van der Waals surface area contributed by atoms with Crippen LogP contribution in [0.2, 0.25) is 0 Å². The molecule has 1 amide bonds. The number of para-hydroxylation sites is 1. The Morgan fingerprint density at radius 1 is 1.00 bits per heavy atom. The molecule has 35 heavy (non-hydrogen) atoms. The van der Waals surface area contributed by atoms with Gasteiger partial charge in [-0.1, -0.05) is 31.3 Å². The van der Waals surface area contributed by atoms with Crippen LogP contribution in [0, 0.1) is 0 Å². The average Bonchev–Trinajstić information content (AvgIpc) is 3.25. The van der Waals surface area contributed by atoms with Crippen molar-refractivity contribution in [1.29, 1.82) is 0 Å². The van der Waals surface area contributed by atoms with E-state index in [-0.39, 0.29) is 23.2 Å². The summed E-state index contributed by atoms with van der Waals surface area (Å²) in [6.07, 6.45) is 0. The third-order valence-corrected chi connectivity index (χ3v) is 8.47. The van der Waals surface area contributed by atoms with E-state index in [2.05, 4.69) is 0 Å². The van der Waals surface area contributed by atoms with Crippen LogP contribution in [0.1, 0.15) is 31.1 Å². The number of sulfonamides is 1. The van der Waals surface area contributed by atoms with Crippen molar-refractivity contribution in [2.24, 2.45) is 0 Å². The van der Waals surface area contributed by atoms with E-state index < -0.39 is 10.0 Å². The minimum absolute atomic E-state index is 0. The van der Waals surface area contributed by atoms with E-state index in [4.69, 9.17) is 9.72 Å². The summed E-state index contributed by atoms with van der Waals surface area (Å²) in [5.74, 6) is 0.458. The summed E-state index contributed by atoms with van der Waals surface area (Å²) in [6.45, 7) is 7.91. The lowest BCUT2D eigenvalue weighted by molar-refractivity contribution is 0.0985. The molecule has 0 saturated carbocycles. The average molecular weight is 541 g/mol. The maximum Gasteiger partial charge on any atom is 0.260 e. The molecule has 1 aromatic heterocycles. The third-order valence-electron chi connectivity index (χ3n) is 5.36. The summed E-state index contributed by atoms with van der Waals surface area (Å²) < 4.78 is 33.6. The molecular weight excluding hydrogens is 508 g/mol. The number of rotatable bonds is 11. The molecule has 0 saturated heterocycles. The van der Waals surface area contributed by atoms with E-state index in [1.807, 2.05) is 44.1 Å². The van der Waals surface area contributed by atoms with Gasteiger partial charge in [-0.05, 0) is 57.4 Å². The Hall–Kier alpha value is -2.24. The molecule has 0 unspecified atom stereocenters. The SMILES string of the molecule is CCOc1cccc2sc(N(CCN(C)C)C(=O)c3ccc(S(=O)(=O)N(CC)CC)cc3)nc12.Cl. The lowest BCUT2D eigenvalue weighted by Crippen LogP contribution is -2.36. The first-order valence-electron chi connectivity index (χ1n) is 11.3. The zero-order valence-corrected chi connectivity index (χ0v) is 23.2. The number of ether oxygens (including phenoxy) is 1. The number of benzene rings is 2. The predicted octanol–water partition coefficient (Wildman–Crippen LogP) is 4.36. The Bertz CT molecular complexity index is 1230. The minimum Gasteiger partial charge on any atom is -0.492 e. The van der Waals surface area contributed by atoms with Crippen molar-refractivity contribution in [3.63, 3.8) is 0 Å². The van der Waals surface area contributed by atoms with Crippen molar-refractivity contribution in [1.82, 2.24) is 14.2 Å². The second-order valence-corrected chi connectivity index (χ2v) is 10.9. The lowest BCUT2D eigenvalue weighted by atomic mass is 10.2. The van der Waals surface area contributed by atoms with Crippen LogP contribution < -0.4 is 9.64 Å². The highest BCUT2D eigenvalue weighted by molar-refractivity contribution is 7.89. The molecule has 3 aromatic rings. The quantitative estimate of drug-likeness (QED) is 0.359. The van der Waals surface area contributed by atoms with Gasteiger partial charge in [-0.15, -0.1) is 12.4 Å². The van der Waals surface area contributed by atoms with Crippen LogP contribution in [0.4, 0.5) is 5.13 Å². The summed E-state index contributed by atoms with van der Waals surface area (Å²) in [5.41, 5.74) is 1.13. The zero-order valence-electron chi connectivity index (χ0n) is 20.7. The van der Waals surface area contributed by atoms with Crippen LogP contribution in [0.5, 0.6) is 5.75 Å². The van der Waals surface area contributed by atoms with E-state index in [0.29, 0.717) is 49.2 Å². The number of hydrogen-bond donors (Lipinski definition) is 0. The number of likely N-dealkylation sites (N-methyl/N-ethyl adjacent to an activating group) is 1. The zero-order chi connectivity index (χ0) is 24.9. The van der Waals surface area contributed by atoms with Crippen molar-refractivity contribution < 1.29 is 17.9 Å². The number of fused-ring (bicyclic) bond motifs is 1. The highest BCUT2D eigenvalue weighted by Gasteiger charge is 2.25. The highest BCUT2D eigenvalue weighted by atomic mass is 35.5. The normalized spacial score (nSPS) is 11.6. The summed E-state index contributed by atoms with van der Waals surface area (Å²) in [5, 5.41) is 0.578. The minimum atomic E-state index is -3.59. The molecule has 0 atom stereocenters. The number of thiazole rings is 1. The predicted molar refractivity (Wildman–Crippen MR) is 145 cm³/mol. The van der Waals surface area contributed by atoms with Crippen LogP contribution in [-0.2, 0) is 10.0 Å². The number of hydrogen-bond acceptors (Lipinski definition) is 7. The summed E-state index contributed by atoms with van der Waals surface area (Å²) >= 11 is 1.43. The van der Waals surface area contributed by atoms with Gasteiger partial charge in [0.05, 0.1) is 16.2 Å². The molecule has 0 aliphatic carbocycles. The lowest BCUT2D eigenvalue weighted by Gasteiger charge is -2.22. The maximum absolute atomic E-state index is 13.5. The van der Waals surface area contributed by atoms with Crippen LogP contribution in [0.3, 0.4) is 0 Å². The maximum atomic E-state index is 13.5. The van der Waals surface area contributed by atoms with Crippen molar-refractivity contribution in [3.8, 4) is 5.75 Å². The van der Waals surface area contributed by atoms with Gasteiger partial charge in [-0.3, -0.25) is 9.69 Å². The van der Waals surface area contributed by atoms with Crippen LogP contribution >= 0.6 is 23.7 Å². The molecule has 11 heteroatoms. The van der Waals surface area contributed by atoms with Gasteiger partial charge in [-0.2, -0.15) is 4.31 Å². The first-order chi connectivity index (χ1) is 16.2. The van der Waals surface area contributed by atoms with E-state index in [1.54, 1.807) is 30.9 Å². The molecule has 0 radical (unpaired) electrons. The number of nitrogens with zero attached hydrogens (tertiary/aromatic N) is 4. The van der Waals surface area contributed by atoms with Crippen LogP contribution in [-0.4, -0.2) is 75.4 Å². The van der Waals surface area contributed by atoms with Gasteiger partial charge in [0.15, 0.2) is 5.13 Å². The first-order valence-corrected chi connectivity index (χ1v) is 13.6. The molecule has 2 aromatic carbocycles. The van der Waals surface area contributed by atoms with E-state index in [9.17, 15) is 13.2 Å². The molecule has 1 heterocycles. The van der Waals surface area contributed by atoms with Gasteiger partial charge in [0.25, 0.3) is 5.91 Å². The molecular formula is C24H33ClN4O4S2. The topological polar surface area (TPSA) is 83.0 Å². The van der Waals surface area contributed by atoms with Crippen molar-refractivity contribution in [2.45, 2.75) is 25.7 Å². The van der Waals surface area contributed by atoms with Gasteiger partial charge < -0.3 is 9.64 Å². The highest BCUT2D eigenvalue weighted by Crippen LogP contribution is 2.34. The van der Waals surface area contributed by atoms with E-state index >= 15 is 0 Å². The van der Waals surface area contributed by atoms with Gasteiger partial charge in [0.1, 0.15) is 11.3 Å².